The number of carbonyl (C=O) groups excluding carboxylic acids is 2. The first-order valence-corrected chi connectivity index (χ1v) is 8.40. The van der Waals surface area contributed by atoms with Gasteiger partial charge in [-0.3, -0.25) is 9.59 Å². The minimum atomic E-state index is -0.333. The van der Waals surface area contributed by atoms with E-state index in [0.29, 0.717) is 17.1 Å². The molecule has 0 saturated heterocycles. The number of allylic oxidation sites excluding steroid dienone is 1. The summed E-state index contributed by atoms with van der Waals surface area (Å²) in [4.78, 5) is 24.1. The topological polar surface area (TPSA) is 57.5 Å². The summed E-state index contributed by atoms with van der Waals surface area (Å²) in [7, 11) is 1.96. The molecule has 1 aromatic heterocycles. The fourth-order valence-electron chi connectivity index (χ4n) is 3.06. The van der Waals surface area contributed by atoms with Gasteiger partial charge < -0.3 is 14.0 Å². The van der Waals surface area contributed by atoms with E-state index in [1.807, 2.05) is 42.1 Å². The predicted molar refractivity (Wildman–Crippen MR) is 98.2 cm³/mol. The lowest BCUT2D eigenvalue weighted by Crippen LogP contribution is -2.05. The van der Waals surface area contributed by atoms with Crippen molar-refractivity contribution in [1.82, 2.24) is 4.57 Å². The van der Waals surface area contributed by atoms with Crippen LogP contribution in [0.1, 0.15) is 29.3 Å². The van der Waals surface area contributed by atoms with Crippen molar-refractivity contribution in [3.05, 3.63) is 65.5 Å². The maximum Gasteiger partial charge on any atom is 0.310 e. The zero-order valence-electron chi connectivity index (χ0n) is 14.5. The van der Waals surface area contributed by atoms with E-state index in [4.69, 9.17) is 9.47 Å². The average Bonchev–Trinajstić information content (AvgIpc) is 3.13. The highest BCUT2D eigenvalue weighted by Gasteiger charge is 2.28. The zero-order chi connectivity index (χ0) is 18.3. The third kappa shape index (κ3) is 2.67. The number of rotatable bonds is 3. The first-order chi connectivity index (χ1) is 12.6. The summed E-state index contributed by atoms with van der Waals surface area (Å²) in [5, 5.41) is 1.05. The van der Waals surface area contributed by atoms with Crippen molar-refractivity contribution < 1.29 is 19.1 Å². The van der Waals surface area contributed by atoms with Gasteiger partial charge in [0.25, 0.3) is 0 Å². The van der Waals surface area contributed by atoms with Crippen molar-refractivity contribution in [1.29, 1.82) is 0 Å². The largest absolute Gasteiger partial charge is 0.452 e. The van der Waals surface area contributed by atoms with Crippen LogP contribution in [0.3, 0.4) is 0 Å². The number of ether oxygens (including phenoxy) is 2. The fourth-order valence-corrected chi connectivity index (χ4v) is 3.06. The molecule has 2 aromatic carbocycles. The molecule has 5 nitrogen and oxygen atoms in total. The molecular formula is C21H17NO4. The van der Waals surface area contributed by atoms with Gasteiger partial charge in [0, 0.05) is 42.2 Å². The number of hydrogen-bond donors (Lipinski definition) is 0. The minimum absolute atomic E-state index is 0.179. The molecule has 0 saturated carbocycles. The number of para-hydroxylation sites is 1. The van der Waals surface area contributed by atoms with E-state index in [-0.39, 0.29) is 23.9 Å². The fraction of sp³-hybridized carbons (Fsp3) is 0.143. The molecule has 0 aliphatic carbocycles. The molecule has 2 heterocycles. The Bertz CT molecular complexity index is 1070. The third-order valence-electron chi connectivity index (χ3n) is 4.38. The second kappa shape index (κ2) is 6.19. The molecular weight excluding hydrogens is 330 g/mol. The molecule has 26 heavy (non-hydrogen) atoms. The molecule has 4 rings (SSSR count). The highest BCUT2D eigenvalue weighted by atomic mass is 16.5. The monoisotopic (exact) mass is 347 g/mol. The van der Waals surface area contributed by atoms with E-state index in [2.05, 4.69) is 0 Å². The van der Waals surface area contributed by atoms with E-state index in [9.17, 15) is 9.59 Å². The quantitative estimate of drug-likeness (QED) is 0.406. The number of ketones is 1. The number of aryl methyl sites for hydroxylation is 1. The number of hydrogen-bond acceptors (Lipinski definition) is 4. The summed E-state index contributed by atoms with van der Waals surface area (Å²) < 4.78 is 12.9. The SMILES string of the molecule is CCC(=O)Oc1ccc2c(c1)O/C(=C\c1cn(C)c3ccccc13)C2=O. The number of fused-ring (bicyclic) bond motifs is 2. The molecule has 130 valence electrons. The van der Waals surface area contributed by atoms with Crippen molar-refractivity contribution in [3.63, 3.8) is 0 Å². The van der Waals surface area contributed by atoms with E-state index in [1.165, 1.54) is 0 Å². The lowest BCUT2D eigenvalue weighted by atomic mass is 10.1. The molecule has 0 atom stereocenters. The van der Waals surface area contributed by atoms with Gasteiger partial charge in [-0.2, -0.15) is 0 Å². The van der Waals surface area contributed by atoms with Crippen LogP contribution < -0.4 is 9.47 Å². The van der Waals surface area contributed by atoms with Crippen LogP contribution in [0.2, 0.25) is 0 Å². The van der Waals surface area contributed by atoms with Crippen molar-refractivity contribution in [2.45, 2.75) is 13.3 Å². The Morgan fingerprint density at radius 2 is 2.04 bits per heavy atom. The number of aromatic nitrogens is 1. The first-order valence-electron chi connectivity index (χ1n) is 8.40. The molecule has 0 fully saturated rings. The van der Waals surface area contributed by atoms with Gasteiger partial charge in [0.15, 0.2) is 5.76 Å². The van der Waals surface area contributed by atoms with Crippen LogP contribution in [0.25, 0.3) is 17.0 Å². The van der Waals surface area contributed by atoms with E-state index >= 15 is 0 Å². The predicted octanol–water partition coefficient (Wildman–Crippen LogP) is 4.11. The minimum Gasteiger partial charge on any atom is -0.452 e. The van der Waals surface area contributed by atoms with E-state index in [1.54, 1.807) is 31.2 Å². The van der Waals surface area contributed by atoms with Gasteiger partial charge in [0.2, 0.25) is 5.78 Å². The second-order valence-corrected chi connectivity index (χ2v) is 6.14. The summed E-state index contributed by atoms with van der Waals surface area (Å²) >= 11 is 0. The molecule has 0 amide bonds. The number of nitrogens with zero attached hydrogens (tertiary/aromatic N) is 1. The standard InChI is InChI=1S/C21H17NO4/c1-3-20(23)25-14-8-9-16-18(11-14)26-19(21(16)24)10-13-12-22(2)17-7-5-4-6-15(13)17/h4-12H,3H2,1-2H3/b19-10-. The average molecular weight is 347 g/mol. The van der Waals surface area contributed by atoms with Gasteiger partial charge in [-0.1, -0.05) is 25.1 Å². The van der Waals surface area contributed by atoms with Gasteiger partial charge in [0.1, 0.15) is 11.5 Å². The van der Waals surface area contributed by atoms with Crippen molar-refractivity contribution >= 4 is 28.7 Å². The van der Waals surface area contributed by atoms with Gasteiger partial charge in [-0.25, -0.2) is 0 Å². The van der Waals surface area contributed by atoms with Crippen molar-refractivity contribution in [3.8, 4) is 11.5 Å². The maximum atomic E-state index is 12.6. The van der Waals surface area contributed by atoms with Gasteiger partial charge >= 0.3 is 5.97 Å². The highest BCUT2D eigenvalue weighted by molar-refractivity contribution is 6.15. The van der Waals surface area contributed by atoms with Crippen molar-refractivity contribution in [2.24, 2.45) is 7.05 Å². The molecule has 0 unspecified atom stereocenters. The van der Waals surface area contributed by atoms with Crippen LogP contribution in [-0.4, -0.2) is 16.3 Å². The molecule has 0 radical (unpaired) electrons. The van der Waals surface area contributed by atoms with E-state index in [0.717, 1.165) is 16.5 Å². The number of carbonyl (C=O) groups is 2. The Kier molecular flexibility index (Phi) is 3.84. The Labute approximate surface area is 150 Å². The summed E-state index contributed by atoms with van der Waals surface area (Å²) in [5.74, 6) is 0.523. The first kappa shape index (κ1) is 16.1. The molecule has 0 N–H and O–H groups in total. The smallest absolute Gasteiger partial charge is 0.310 e. The van der Waals surface area contributed by atoms with Crippen molar-refractivity contribution in [2.75, 3.05) is 0 Å². The van der Waals surface area contributed by atoms with Crippen LogP contribution in [0.5, 0.6) is 11.5 Å². The normalized spacial score (nSPS) is 14.5. The van der Waals surface area contributed by atoms with Crippen LogP contribution in [0, 0.1) is 0 Å². The summed E-state index contributed by atoms with van der Waals surface area (Å²) in [6.07, 6.45) is 4.00. The van der Waals surface area contributed by atoms with Gasteiger partial charge in [-0.05, 0) is 24.3 Å². The summed E-state index contributed by atoms with van der Waals surface area (Å²) in [5.41, 5.74) is 2.46. The number of esters is 1. The van der Waals surface area contributed by atoms with Crippen LogP contribution >= 0.6 is 0 Å². The van der Waals surface area contributed by atoms with Crippen LogP contribution in [0.15, 0.2) is 54.4 Å². The second-order valence-electron chi connectivity index (χ2n) is 6.14. The highest BCUT2D eigenvalue weighted by Crippen LogP contribution is 2.35. The summed E-state index contributed by atoms with van der Waals surface area (Å²) in [6, 6.07) is 12.8. The summed E-state index contributed by atoms with van der Waals surface area (Å²) in [6.45, 7) is 1.72. The number of benzene rings is 2. The van der Waals surface area contributed by atoms with E-state index < -0.39 is 0 Å². The lowest BCUT2D eigenvalue weighted by Gasteiger charge is -2.03. The molecule has 0 bridgehead atoms. The Morgan fingerprint density at radius 1 is 1.23 bits per heavy atom. The molecule has 5 heteroatoms. The Balaban J connectivity index is 1.69. The van der Waals surface area contributed by atoms with Crippen LogP contribution in [0.4, 0.5) is 0 Å². The Morgan fingerprint density at radius 3 is 2.85 bits per heavy atom. The van der Waals surface area contributed by atoms with Gasteiger partial charge in [0.05, 0.1) is 5.56 Å². The van der Waals surface area contributed by atoms with Crippen LogP contribution in [-0.2, 0) is 11.8 Å². The maximum absolute atomic E-state index is 12.6. The Hall–Kier alpha value is -3.34. The molecule has 0 spiro atoms. The third-order valence-corrected chi connectivity index (χ3v) is 4.38. The lowest BCUT2D eigenvalue weighted by molar-refractivity contribution is -0.134. The van der Waals surface area contributed by atoms with Gasteiger partial charge in [-0.15, -0.1) is 0 Å². The molecule has 1 aliphatic rings. The molecule has 3 aromatic rings. The molecule has 1 aliphatic heterocycles. The zero-order valence-corrected chi connectivity index (χ0v) is 14.5. The number of Topliss-reactive ketones (excluding diaryl/α,β-unsaturated/α-hetero) is 1.